The highest BCUT2D eigenvalue weighted by atomic mass is 16.3. The number of aliphatic hydroxyl groups is 1. The van der Waals surface area contributed by atoms with Crippen molar-refractivity contribution in [3.8, 4) is 0 Å². The van der Waals surface area contributed by atoms with Gasteiger partial charge >= 0.3 is 0 Å². The fourth-order valence-electron chi connectivity index (χ4n) is 3.32. The molecule has 96 valence electrons. The maximum atomic E-state index is 12.2. The molecule has 2 fully saturated rings. The summed E-state index contributed by atoms with van der Waals surface area (Å²) in [6.07, 6.45) is 2.28. The van der Waals surface area contributed by atoms with Crippen molar-refractivity contribution >= 4 is 5.91 Å². The summed E-state index contributed by atoms with van der Waals surface area (Å²) in [4.78, 5) is 14.1. The van der Waals surface area contributed by atoms with Gasteiger partial charge in [-0.1, -0.05) is 30.3 Å². The number of carbonyl (C=O) groups is 1. The van der Waals surface area contributed by atoms with Crippen molar-refractivity contribution < 1.29 is 9.90 Å². The highest BCUT2D eigenvalue weighted by Crippen LogP contribution is 2.38. The second kappa shape index (κ2) is 4.73. The Balaban J connectivity index is 1.62. The van der Waals surface area contributed by atoms with E-state index in [1.54, 1.807) is 0 Å². The Morgan fingerprint density at radius 3 is 2.72 bits per heavy atom. The number of nitrogens with zero attached hydrogens (tertiary/aromatic N) is 1. The first-order valence-electron chi connectivity index (χ1n) is 6.74. The Labute approximate surface area is 107 Å². The molecule has 3 unspecified atom stereocenters. The van der Waals surface area contributed by atoms with Crippen LogP contribution < -0.4 is 0 Å². The van der Waals surface area contributed by atoms with Crippen molar-refractivity contribution in [2.45, 2.75) is 25.4 Å². The monoisotopic (exact) mass is 245 g/mol. The maximum absolute atomic E-state index is 12.2. The number of amides is 1. The standard InChI is InChI=1S/C15H19NO2/c17-14-7-6-12-9-16(10-13(12)14)15(18)8-11-4-2-1-3-5-11/h1-5,12-14,17H,6-10H2. The van der Waals surface area contributed by atoms with E-state index in [0.29, 0.717) is 18.3 Å². The van der Waals surface area contributed by atoms with Crippen LogP contribution in [0.2, 0.25) is 0 Å². The van der Waals surface area contributed by atoms with E-state index in [4.69, 9.17) is 0 Å². The number of hydrogen-bond donors (Lipinski definition) is 1. The van der Waals surface area contributed by atoms with Gasteiger partial charge in [0.05, 0.1) is 12.5 Å². The Hall–Kier alpha value is -1.35. The van der Waals surface area contributed by atoms with Gasteiger partial charge in [0.1, 0.15) is 0 Å². The van der Waals surface area contributed by atoms with Gasteiger partial charge in [-0.15, -0.1) is 0 Å². The third-order valence-electron chi connectivity index (χ3n) is 4.37. The predicted octanol–water partition coefficient (Wildman–Crippen LogP) is 1.46. The second-order valence-electron chi connectivity index (χ2n) is 5.53. The second-order valence-corrected chi connectivity index (χ2v) is 5.53. The summed E-state index contributed by atoms with van der Waals surface area (Å²) in [6, 6.07) is 9.87. The molecule has 3 nitrogen and oxygen atoms in total. The first kappa shape index (κ1) is 11.7. The zero-order valence-corrected chi connectivity index (χ0v) is 10.5. The third-order valence-corrected chi connectivity index (χ3v) is 4.37. The summed E-state index contributed by atoms with van der Waals surface area (Å²) in [5.74, 6) is 1.05. The van der Waals surface area contributed by atoms with Gasteiger partial charge in [0, 0.05) is 19.0 Å². The lowest BCUT2D eigenvalue weighted by Crippen LogP contribution is -2.32. The molecule has 1 aromatic carbocycles. The summed E-state index contributed by atoms with van der Waals surface area (Å²) in [7, 11) is 0. The molecule has 1 aliphatic carbocycles. The Bertz CT molecular complexity index is 431. The zero-order valence-electron chi connectivity index (χ0n) is 10.5. The fourth-order valence-corrected chi connectivity index (χ4v) is 3.32. The normalized spacial score (nSPS) is 30.5. The molecule has 18 heavy (non-hydrogen) atoms. The van der Waals surface area contributed by atoms with Crippen LogP contribution in [0.4, 0.5) is 0 Å². The van der Waals surface area contributed by atoms with Gasteiger partial charge in [-0.2, -0.15) is 0 Å². The van der Waals surface area contributed by atoms with Gasteiger partial charge < -0.3 is 10.0 Å². The average Bonchev–Trinajstić information content (AvgIpc) is 2.93. The Morgan fingerprint density at radius 1 is 1.22 bits per heavy atom. The molecular formula is C15H19NO2. The maximum Gasteiger partial charge on any atom is 0.227 e. The number of aliphatic hydroxyl groups excluding tert-OH is 1. The smallest absolute Gasteiger partial charge is 0.227 e. The SMILES string of the molecule is O=C(Cc1ccccc1)N1CC2CCC(O)C2C1. The molecule has 1 aliphatic heterocycles. The van der Waals surface area contributed by atoms with Crippen LogP contribution in [0.5, 0.6) is 0 Å². The molecular weight excluding hydrogens is 226 g/mol. The van der Waals surface area contributed by atoms with Crippen LogP contribution in [-0.2, 0) is 11.2 Å². The Kier molecular flexibility index (Phi) is 3.08. The van der Waals surface area contributed by atoms with E-state index in [2.05, 4.69) is 0 Å². The van der Waals surface area contributed by atoms with E-state index in [9.17, 15) is 9.90 Å². The number of rotatable bonds is 2. The molecule has 0 radical (unpaired) electrons. The summed E-state index contributed by atoms with van der Waals surface area (Å²) in [6.45, 7) is 1.59. The minimum Gasteiger partial charge on any atom is -0.393 e. The molecule has 1 saturated heterocycles. The average molecular weight is 245 g/mol. The molecule has 0 spiro atoms. The van der Waals surface area contributed by atoms with Crippen LogP contribution in [0, 0.1) is 11.8 Å². The minimum absolute atomic E-state index is 0.190. The molecule has 3 atom stereocenters. The quantitative estimate of drug-likeness (QED) is 0.857. The molecule has 1 N–H and O–H groups in total. The van der Waals surface area contributed by atoms with E-state index in [1.165, 1.54) is 0 Å². The van der Waals surface area contributed by atoms with Crippen molar-refractivity contribution in [3.05, 3.63) is 35.9 Å². The van der Waals surface area contributed by atoms with Crippen LogP contribution in [0.3, 0.4) is 0 Å². The van der Waals surface area contributed by atoms with E-state index in [0.717, 1.165) is 31.5 Å². The van der Waals surface area contributed by atoms with Gasteiger partial charge in [-0.3, -0.25) is 4.79 Å². The highest BCUT2D eigenvalue weighted by molar-refractivity contribution is 5.79. The molecule has 3 rings (SSSR count). The molecule has 3 heteroatoms. The van der Waals surface area contributed by atoms with Crippen LogP contribution in [0.15, 0.2) is 30.3 Å². The summed E-state index contributed by atoms with van der Waals surface area (Å²) in [5.41, 5.74) is 1.07. The van der Waals surface area contributed by atoms with Crippen LogP contribution in [-0.4, -0.2) is 35.1 Å². The van der Waals surface area contributed by atoms with E-state index in [-0.39, 0.29) is 12.0 Å². The van der Waals surface area contributed by atoms with Crippen LogP contribution in [0.1, 0.15) is 18.4 Å². The van der Waals surface area contributed by atoms with Crippen molar-refractivity contribution in [1.82, 2.24) is 4.90 Å². The molecule has 0 bridgehead atoms. The molecule has 1 aromatic rings. The van der Waals surface area contributed by atoms with Crippen molar-refractivity contribution in [3.63, 3.8) is 0 Å². The molecule has 2 aliphatic rings. The van der Waals surface area contributed by atoms with E-state index >= 15 is 0 Å². The number of likely N-dealkylation sites (tertiary alicyclic amines) is 1. The Morgan fingerprint density at radius 2 is 2.00 bits per heavy atom. The molecule has 0 aromatic heterocycles. The largest absolute Gasteiger partial charge is 0.393 e. The number of benzene rings is 1. The summed E-state index contributed by atoms with van der Waals surface area (Å²) in [5, 5.41) is 9.85. The minimum atomic E-state index is -0.190. The topological polar surface area (TPSA) is 40.5 Å². The lowest BCUT2D eigenvalue weighted by molar-refractivity contribution is -0.129. The van der Waals surface area contributed by atoms with E-state index in [1.807, 2.05) is 35.2 Å². The molecule has 1 amide bonds. The van der Waals surface area contributed by atoms with Gasteiger partial charge in [0.15, 0.2) is 0 Å². The van der Waals surface area contributed by atoms with E-state index < -0.39 is 0 Å². The summed E-state index contributed by atoms with van der Waals surface area (Å²) >= 11 is 0. The lowest BCUT2D eigenvalue weighted by Gasteiger charge is -2.18. The van der Waals surface area contributed by atoms with Gasteiger partial charge in [-0.05, 0) is 24.3 Å². The molecule has 1 heterocycles. The van der Waals surface area contributed by atoms with Crippen molar-refractivity contribution in [2.75, 3.05) is 13.1 Å². The first-order chi connectivity index (χ1) is 8.74. The predicted molar refractivity (Wildman–Crippen MR) is 68.9 cm³/mol. The molecule has 1 saturated carbocycles. The van der Waals surface area contributed by atoms with Crippen molar-refractivity contribution in [1.29, 1.82) is 0 Å². The third kappa shape index (κ3) is 2.15. The summed E-state index contributed by atoms with van der Waals surface area (Å²) < 4.78 is 0. The number of fused-ring (bicyclic) bond motifs is 1. The first-order valence-corrected chi connectivity index (χ1v) is 6.74. The number of carbonyl (C=O) groups excluding carboxylic acids is 1. The van der Waals surface area contributed by atoms with Gasteiger partial charge in [-0.25, -0.2) is 0 Å². The van der Waals surface area contributed by atoms with Crippen LogP contribution in [0.25, 0.3) is 0 Å². The zero-order chi connectivity index (χ0) is 12.5. The van der Waals surface area contributed by atoms with Crippen molar-refractivity contribution in [2.24, 2.45) is 11.8 Å². The fraction of sp³-hybridized carbons (Fsp3) is 0.533. The number of hydrogen-bond acceptors (Lipinski definition) is 2. The van der Waals surface area contributed by atoms with Crippen LogP contribution >= 0.6 is 0 Å². The highest BCUT2D eigenvalue weighted by Gasteiger charge is 2.43. The lowest BCUT2D eigenvalue weighted by atomic mass is 10.00. The van der Waals surface area contributed by atoms with Gasteiger partial charge in [0.25, 0.3) is 0 Å². The van der Waals surface area contributed by atoms with Gasteiger partial charge in [0.2, 0.25) is 5.91 Å².